The molecule has 1 unspecified atom stereocenters. The minimum absolute atomic E-state index is 0.0562. The molecule has 0 aliphatic carbocycles. The van der Waals surface area contributed by atoms with Crippen molar-refractivity contribution >= 4 is 33.4 Å². The fraction of sp³-hybridized carbons (Fsp3) is 0.292. The van der Waals surface area contributed by atoms with E-state index in [4.69, 9.17) is 11.5 Å². The van der Waals surface area contributed by atoms with Gasteiger partial charge < -0.3 is 11.5 Å². The number of carbonyl (C=O) groups excluding carboxylic acids is 1. The molecule has 6 heteroatoms. The molecule has 0 heterocycles. The van der Waals surface area contributed by atoms with E-state index in [1.54, 1.807) is 4.31 Å². The Balaban J connectivity index is 1.87. The zero-order valence-electron chi connectivity index (χ0n) is 17.5. The van der Waals surface area contributed by atoms with E-state index in [-0.39, 0.29) is 5.92 Å². The summed E-state index contributed by atoms with van der Waals surface area (Å²) in [6.07, 6.45) is 1.61. The Morgan fingerprint density at radius 1 is 1.00 bits per heavy atom. The molecular formula is C24H29N3O2S. The van der Waals surface area contributed by atoms with Crippen molar-refractivity contribution in [2.24, 2.45) is 11.7 Å². The topological polar surface area (TPSA) is 89.4 Å². The average Bonchev–Trinajstić information content (AvgIpc) is 2.72. The van der Waals surface area contributed by atoms with Gasteiger partial charge in [-0.15, -0.1) is 0 Å². The summed E-state index contributed by atoms with van der Waals surface area (Å²) in [5, 5.41) is 1.95. The van der Waals surface area contributed by atoms with Crippen LogP contribution in [0.15, 0.2) is 71.6 Å². The van der Waals surface area contributed by atoms with E-state index in [1.807, 2.05) is 68.4 Å². The number of anilines is 1. The predicted octanol–water partition coefficient (Wildman–Crippen LogP) is 3.89. The van der Waals surface area contributed by atoms with Gasteiger partial charge >= 0.3 is 0 Å². The van der Waals surface area contributed by atoms with E-state index in [1.165, 1.54) is 5.56 Å². The van der Waals surface area contributed by atoms with Crippen LogP contribution < -0.4 is 11.5 Å². The number of nitrogens with two attached hydrogens (primary N) is 2. The molecule has 5 nitrogen and oxygen atoms in total. The van der Waals surface area contributed by atoms with E-state index in [0.717, 1.165) is 23.6 Å². The molecule has 0 bridgehead atoms. The van der Waals surface area contributed by atoms with E-state index >= 15 is 0 Å². The number of hydrogen-bond acceptors (Lipinski definition) is 3. The molecule has 3 aromatic carbocycles. The summed E-state index contributed by atoms with van der Waals surface area (Å²) < 4.78 is 15.3. The summed E-state index contributed by atoms with van der Waals surface area (Å²) >= 11 is 0. The normalized spacial score (nSPS) is 13.6. The lowest BCUT2D eigenvalue weighted by molar-refractivity contribution is -0.122. The highest BCUT2D eigenvalue weighted by atomic mass is 32.2. The molecule has 0 fully saturated rings. The second-order valence-corrected chi connectivity index (χ2v) is 9.28. The summed E-state index contributed by atoms with van der Waals surface area (Å²) in [7, 11) is -1.52. The largest absolute Gasteiger partial charge is 0.399 e. The van der Waals surface area contributed by atoms with Crippen LogP contribution >= 0.6 is 0 Å². The molecule has 0 saturated carbocycles. The van der Waals surface area contributed by atoms with Crippen LogP contribution in [0, 0.1) is 5.92 Å². The standard InChI is InChI=1S/C24H29N3O2S/c1-17(2)23(24(26)28)27(14-6-9-18-7-4-3-5-8-18)30(29)22-13-11-19-10-12-21(25)15-20(19)16-22/h3-5,7-8,10-13,15-17,23H,6,9,14,25H2,1-2H3,(H2,26,28)/t23-,30?/m1/s1. The summed E-state index contributed by atoms with van der Waals surface area (Å²) in [5.41, 5.74) is 13.5. The minimum atomic E-state index is -1.52. The quantitative estimate of drug-likeness (QED) is 0.512. The maximum absolute atomic E-state index is 13.6. The first-order chi connectivity index (χ1) is 14.4. The number of fused-ring (bicyclic) bond motifs is 1. The lowest BCUT2D eigenvalue weighted by atomic mass is 10.0. The van der Waals surface area contributed by atoms with E-state index < -0.39 is 22.9 Å². The number of rotatable bonds is 9. The molecule has 1 amide bonds. The van der Waals surface area contributed by atoms with Crippen LogP contribution in [0.3, 0.4) is 0 Å². The van der Waals surface area contributed by atoms with Crippen LogP contribution in [0.1, 0.15) is 25.8 Å². The first-order valence-corrected chi connectivity index (χ1v) is 11.3. The van der Waals surface area contributed by atoms with Crippen molar-refractivity contribution in [3.63, 3.8) is 0 Å². The van der Waals surface area contributed by atoms with Crippen LogP contribution in [0.5, 0.6) is 0 Å². The van der Waals surface area contributed by atoms with Crippen molar-refractivity contribution in [3.8, 4) is 0 Å². The van der Waals surface area contributed by atoms with Gasteiger partial charge in [-0.2, -0.15) is 0 Å². The van der Waals surface area contributed by atoms with Crippen molar-refractivity contribution in [2.75, 3.05) is 12.3 Å². The third-order valence-corrected chi connectivity index (χ3v) is 6.66. The summed E-state index contributed by atoms with van der Waals surface area (Å²) in [6.45, 7) is 4.36. The maximum atomic E-state index is 13.6. The molecule has 4 N–H and O–H groups in total. The molecule has 3 rings (SSSR count). The van der Waals surface area contributed by atoms with Gasteiger partial charge in [0.15, 0.2) is 0 Å². The molecule has 30 heavy (non-hydrogen) atoms. The molecule has 0 aliphatic rings. The van der Waals surface area contributed by atoms with E-state index in [9.17, 15) is 9.00 Å². The predicted molar refractivity (Wildman–Crippen MR) is 124 cm³/mol. The highest BCUT2D eigenvalue weighted by Gasteiger charge is 2.31. The zero-order chi connectivity index (χ0) is 21.7. The zero-order valence-corrected chi connectivity index (χ0v) is 18.3. The van der Waals surface area contributed by atoms with Crippen LogP contribution in [0.4, 0.5) is 5.69 Å². The van der Waals surface area contributed by atoms with Gasteiger partial charge in [0.25, 0.3) is 0 Å². The summed E-state index contributed by atoms with van der Waals surface area (Å²) in [6, 6.07) is 20.8. The Kier molecular flexibility index (Phi) is 7.24. The maximum Gasteiger partial charge on any atom is 0.236 e. The third-order valence-electron chi connectivity index (χ3n) is 5.17. The Bertz CT molecular complexity index is 1040. The summed E-state index contributed by atoms with van der Waals surface area (Å²) in [5.74, 6) is -0.512. The van der Waals surface area contributed by atoms with Gasteiger partial charge in [-0.05, 0) is 59.4 Å². The molecule has 2 atom stereocenters. The van der Waals surface area contributed by atoms with Crippen molar-refractivity contribution in [3.05, 3.63) is 72.3 Å². The van der Waals surface area contributed by atoms with Crippen LogP contribution in [-0.2, 0) is 22.2 Å². The van der Waals surface area contributed by atoms with Crippen molar-refractivity contribution in [1.29, 1.82) is 0 Å². The highest BCUT2D eigenvalue weighted by molar-refractivity contribution is 7.82. The highest BCUT2D eigenvalue weighted by Crippen LogP contribution is 2.24. The lowest BCUT2D eigenvalue weighted by Gasteiger charge is -2.31. The van der Waals surface area contributed by atoms with Crippen molar-refractivity contribution in [2.45, 2.75) is 37.6 Å². The second-order valence-electron chi connectivity index (χ2n) is 7.84. The van der Waals surface area contributed by atoms with Crippen LogP contribution in [-0.4, -0.2) is 27.0 Å². The molecule has 0 spiro atoms. The molecule has 0 radical (unpaired) electrons. The van der Waals surface area contributed by atoms with Crippen molar-refractivity contribution < 1.29 is 9.00 Å². The van der Waals surface area contributed by atoms with Gasteiger partial charge in [0.2, 0.25) is 5.91 Å². The van der Waals surface area contributed by atoms with Gasteiger partial charge in [0.1, 0.15) is 17.0 Å². The number of nitrogen functional groups attached to an aromatic ring is 1. The van der Waals surface area contributed by atoms with Gasteiger partial charge in [0, 0.05) is 12.2 Å². The number of carbonyl (C=O) groups is 1. The average molecular weight is 424 g/mol. The molecule has 3 aromatic rings. The SMILES string of the molecule is CC(C)[C@H](C(N)=O)N(CCCc1ccccc1)S(=O)c1ccc2ccc(N)cc2c1. The van der Waals surface area contributed by atoms with Crippen molar-refractivity contribution in [1.82, 2.24) is 4.31 Å². The molecule has 158 valence electrons. The second kappa shape index (κ2) is 9.87. The van der Waals surface area contributed by atoms with Crippen LogP contribution in [0.25, 0.3) is 10.8 Å². The number of amides is 1. The molecular weight excluding hydrogens is 394 g/mol. The molecule has 0 saturated heterocycles. The number of primary amides is 1. The smallest absolute Gasteiger partial charge is 0.236 e. The van der Waals surface area contributed by atoms with Gasteiger partial charge in [-0.25, -0.2) is 8.51 Å². The lowest BCUT2D eigenvalue weighted by Crippen LogP contribution is -2.49. The number of benzene rings is 3. The number of hydrogen-bond donors (Lipinski definition) is 2. The van der Waals surface area contributed by atoms with Gasteiger partial charge in [0.05, 0.1) is 4.90 Å². The Labute approximate surface area is 180 Å². The fourth-order valence-corrected chi connectivity index (χ4v) is 5.23. The molecule has 0 aromatic heterocycles. The molecule has 0 aliphatic heterocycles. The monoisotopic (exact) mass is 423 g/mol. The minimum Gasteiger partial charge on any atom is -0.399 e. The first kappa shape index (κ1) is 22.0. The third kappa shape index (κ3) is 5.26. The first-order valence-electron chi connectivity index (χ1n) is 10.2. The fourth-order valence-electron chi connectivity index (χ4n) is 3.70. The van der Waals surface area contributed by atoms with E-state index in [2.05, 4.69) is 12.1 Å². The number of nitrogens with zero attached hydrogens (tertiary/aromatic N) is 1. The van der Waals surface area contributed by atoms with E-state index in [0.29, 0.717) is 17.1 Å². The Hall–Kier alpha value is -2.70. The van der Waals surface area contributed by atoms with Gasteiger partial charge in [-0.1, -0.05) is 56.3 Å². The summed E-state index contributed by atoms with van der Waals surface area (Å²) in [4.78, 5) is 12.9. The number of aryl methyl sites for hydroxylation is 1. The Morgan fingerprint density at radius 2 is 1.70 bits per heavy atom. The Morgan fingerprint density at radius 3 is 2.37 bits per heavy atom. The van der Waals surface area contributed by atoms with Crippen LogP contribution in [0.2, 0.25) is 0 Å². The van der Waals surface area contributed by atoms with Gasteiger partial charge in [-0.3, -0.25) is 4.79 Å².